The number of pyridine rings is 1. The molecule has 0 amide bonds. The Balaban J connectivity index is 2.04. The summed E-state index contributed by atoms with van der Waals surface area (Å²) in [6.07, 6.45) is 1.11. The average Bonchev–Trinajstić information content (AvgIpc) is 2.46. The molecule has 0 aliphatic carbocycles. The number of para-hydroxylation sites is 1. The normalized spacial score (nSPS) is 12.5. The summed E-state index contributed by atoms with van der Waals surface area (Å²) >= 11 is 2.25. The predicted octanol–water partition coefficient (Wildman–Crippen LogP) is 3.92. The molecule has 1 heterocycles. The lowest BCUT2D eigenvalue weighted by Crippen LogP contribution is -2.00. The molecule has 1 unspecified atom stereocenters. The highest BCUT2D eigenvalue weighted by Crippen LogP contribution is 2.25. The molecule has 94 valence electrons. The third kappa shape index (κ3) is 2.62. The predicted molar refractivity (Wildman–Crippen MR) is 85.0 cm³/mol. The van der Waals surface area contributed by atoms with Crippen LogP contribution in [0.4, 0.5) is 0 Å². The van der Waals surface area contributed by atoms with Crippen LogP contribution in [0.25, 0.3) is 10.9 Å². The first-order valence-corrected chi connectivity index (χ1v) is 7.10. The van der Waals surface area contributed by atoms with E-state index in [0.29, 0.717) is 0 Å². The van der Waals surface area contributed by atoms with Crippen molar-refractivity contribution in [1.29, 1.82) is 0 Å². The molecule has 1 aromatic heterocycles. The maximum atomic E-state index is 10.4. The number of halogens is 1. The van der Waals surface area contributed by atoms with E-state index in [1.807, 2.05) is 54.6 Å². The summed E-state index contributed by atoms with van der Waals surface area (Å²) in [6.45, 7) is 0. The lowest BCUT2D eigenvalue weighted by atomic mass is 10.0. The van der Waals surface area contributed by atoms with E-state index in [1.54, 1.807) is 6.20 Å². The maximum Gasteiger partial charge on any atom is 0.106 e. The third-order valence-electron chi connectivity index (χ3n) is 3.09. The number of nitrogens with zero attached hydrogens (tertiary/aromatic N) is 1. The van der Waals surface area contributed by atoms with Gasteiger partial charge < -0.3 is 5.11 Å². The highest BCUT2D eigenvalue weighted by molar-refractivity contribution is 14.1. The van der Waals surface area contributed by atoms with Crippen LogP contribution in [0.15, 0.2) is 60.8 Å². The first-order chi connectivity index (χ1) is 9.24. The van der Waals surface area contributed by atoms with Crippen molar-refractivity contribution in [3.8, 4) is 0 Å². The number of fused-ring (bicyclic) bond motifs is 1. The van der Waals surface area contributed by atoms with Gasteiger partial charge in [-0.2, -0.15) is 0 Å². The standard InChI is InChI=1S/C16H12INO/c17-14-6-3-5-12(9-14)16(19)13-8-11-4-1-2-7-15(11)18-10-13/h1-10,16,19H. The Bertz CT molecular complexity index is 727. The van der Waals surface area contributed by atoms with Crippen molar-refractivity contribution in [3.05, 3.63) is 75.5 Å². The summed E-state index contributed by atoms with van der Waals surface area (Å²) in [4.78, 5) is 4.39. The summed E-state index contributed by atoms with van der Waals surface area (Å²) < 4.78 is 1.11. The van der Waals surface area contributed by atoms with E-state index in [4.69, 9.17) is 0 Å². The van der Waals surface area contributed by atoms with Crippen molar-refractivity contribution in [2.75, 3.05) is 0 Å². The molecule has 0 fully saturated rings. The number of aliphatic hydroxyl groups excluding tert-OH is 1. The van der Waals surface area contributed by atoms with Crippen molar-refractivity contribution in [2.45, 2.75) is 6.10 Å². The summed E-state index contributed by atoms with van der Waals surface area (Å²) in [5, 5.41) is 11.5. The van der Waals surface area contributed by atoms with Crippen LogP contribution in [-0.4, -0.2) is 10.1 Å². The summed E-state index contributed by atoms with van der Waals surface area (Å²) in [5.41, 5.74) is 2.66. The minimum absolute atomic E-state index is 0.633. The average molecular weight is 361 g/mol. The molecule has 19 heavy (non-hydrogen) atoms. The van der Waals surface area contributed by atoms with Crippen molar-refractivity contribution < 1.29 is 5.11 Å². The Morgan fingerprint density at radius 3 is 2.63 bits per heavy atom. The van der Waals surface area contributed by atoms with Gasteiger partial charge in [0.05, 0.1) is 5.52 Å². The molecule has 3 aromatic rings. The molecule has 2 nitrogen and oxygen atoms in total. The summed E-state index contributed by atoms with van der Waals surface area (Å²) in [7, 11) is 0. The zero-order valence-electron chi connectivity index (χ0n) is 10.1. The van der Waals surface area contributed by atoms with Crippen molar-refractivity contribution >= 4 is 33.5 Å². The van der Waals surface area contributed by atoms with Crippen LogP contribution in [-0.2, 0) is 0 Å². The molecular weight excluding hydrogens is 349 g/mol. The van der Waals surface area contributed by atoms with Crippen LogP contribution in [0.3, 0.4) is 0 Å². The fraction of sp³-hybridized carbons (Fsp3) is 0.0625. The molecule has 0 bridgehead atoms. The molecule has 0 radical (unpaired) electrons. The van der Waals surface area contributed by atoms with Crippen LogP contribution in [0, 0.1) is 3.57 Å². The van der Waals surface area contributed by atoms with E-state index in [9.17, 15) is 5.11 Å². The molecule has 3 rings (SSSR count). The van der Waals surface area contributed by atoms with Crippen LogP contribution in [0.1, 0.15) is 17.2 Å². The second-order valence-electron chi connectivity index (χ2n) is 4.42. The van der Waals surface area contributed by atoms with Gasteiger partial charge in [0, 0.05) is 20.7 Å². The van der Waals surface area contributed by atoms with Crippen LogP contribution < -0.4 is 0 Å². The van der Waals surface area contributed by atoms with E-state index >= 15 is 0 Å². The summed E-state index contributed by atoms with van der Waals surface area (Å²) in [6, 6.07) is 17.8. The van der Waals surface area contributed by atoms with Gasteiger partial charge in [-0.05, 0) is 52.4 Å². The van der Waals surface area contributed by atoms with Crippen molar-refractivity contribution in [1.82, 2.24) is 4.98 Å². The highest BCUT2D eigenvalue weighted by atomic mass is 127. The first-order valence-electron chi connectivity index (χ1n) is 6.02. The molecule has 0 spiro atoms. The monoisotopic (exact) mass is 361 g/mol. The van der Waals surface area contributed by atoms with Gasteiger partial charge in [0.15, 0.2) is 0 Å². The zero-order valence-corrected chi connectivity index (χ0v) is 12.3. The van der Waals surface area contributed by atoms with Crippen LogP contribution in [0.5, 0.6) is 0 Å². The fourth-order valence-corrected chi connectivity index (χ4v) is 2.67. The maximum absolute atomic E-state index is 10.4. The summed E-state index contributed by atoms with van der Waals surface area (Å²) in [5.74, 6) is 0. The number of aliphatic hydroxyl groups is 1. The molecule has 0 aliphatic rings. The molecule has 1 atom stereocenters. The lowest BCUT2D eigenvalue weighted by Gasteiger charge is -2.12. The number of hydrogen-bond acceptors (Lipinski definition) is 2. The molecule has 0 saturated carbocycles. The third-order valence-corrected chi connectivity index (χ3v) is 3.76. The number of benzene rings is 2. The van der Waals surface area contributed by atoms with E-state index < -0.39 is 6.10 Å². The van der Waals surface area contributed by atoms with Gasteiger partial charge in [0.2, 0.25) is 0 Å². The fourth-order valence-electron chi connectivity index (χ4n) is 2.11. The molecule has 1 N–H and O–H groups in total. The largest absolute Gasteiger partial charge is 0.384 e. The van der Waals surface area contributed by atoms with Gasteiger partial charge in [-0.15, -0.1) is 0 Å². The van der Waals surface area contributed by atoms with Crippen LogP contribution in [0.2, 0.25) is 0 Å². The van der Waals surface area contributed by atoms with E-state index in [2.05, 4.69) is 27.6 Å². The van der Waals surface area contributed by atoms with Crippen LogP contribution >= 0.6 is 22.6 Å². The number of rotatable bonds is 2. The smallest absolute Gasteiger partial charge is 0.106 e. The van der Waals surface area contributed by atoms with Gasteiger partial charge >= 0.3 is 0 Å². The SMILES string of the molecule is OC(c1cccc(I)c1)c1cnc2ccccc2c1. The Morgan fingerprint density at radius 2 is 1.79 bits per heavy atom. The van der Waals surface area contributed by atoms with E-state index in [-0.39, 0.29) is 0 Å². The van der Waals surface area contributed by atoms with Crippen molar-refractivity contribution in [3.63, 3.8) is 0 Å². The minimum Gasteiger partial charge on any atom is -0.384 e. The second-order valence-corrected chi connectivity index (χ2v) is 5.66. The van der Waals surface area contributed by atoms with Crippen molar-refractivity contribution in [2.24, 2.45) is 0 Å². The van der Waals surface area contributed by atoms with E-state index in [1.165, 1.54) is 0 Å². The molecule has 0 saturated heterocycles. The Morgan fingerprint density at radius 1 is 0.947 bits per heavy atom. The van der Waals surface area contributed by atoms with Gasteiger partial charge in [-0.3, -0.25) is 4.98 Å². The molecule has 2 aromatic carbocycles. The molecule has 0 aliphatic heterocycles. The lowest BCUT2D eigenvalue weighted by molar-refractivity contribution is 0.220. The second kappa shape index (κ2) is 5.27. The Labute approximate surface area is 125 Å². The van der Waals surface area contributed by atoms with Gasteiger partial charge in [0.1, 0.15) is 6.10 Å². The Kier molecular flexibility index (Phi) is 3.48. The Hall–Kier alpha value is -1.46. The topological polar surface area (TPSA) is 33.1 Å². The zero-order chi connectivity index (χ0) is 13.2. The molecule has 3 heteroatoms. The number of hydrogen-bond donors (Lipinski definition) is 1. The van der Waals surface area contributed by atoms with Gasteiger partial charge in [-0.1, -0.05) is 30.3 Å². The highest BCUT2D eigenvalue weighted by Gasteiger charge is 2.11. The van der Waals surface area contributed by atoms with Gasteiger partial charge in [0.25, 0.3) is 0 Å². The first kappa shape index (κ1) is 12.6. The quantitative estimate of drug-likeness (QED) is 0.702. The van der Waals surface area contributed by atoms with E-state index in [0.717, 1.165) is 25.6 Å². The molecular formula is C16H12INO. The minimum atomic E-state index is -0.633. The number of aromatic nitrogens is 1. The van der Waals surface area contributed by atoms with Gasteiger partial charge in [-0.25, -0.2) is 0 Å².